The molecule has 0 fully saturated rings. The Morgan fingerprint density at radius 3 is 2.50 bits per heavy atom. The minimum Gasteiger partial charge on any atom is -0.478 e. The second kappa shape index (κ2) is 8.66. The molecule has 1 N–H and O–H groups in total. The summed E-state index contributed by atoms with van der Waals surface area (Å²) in [4.78, 5) is 40.1. The smallest absolute Gasteiger partial charge is 0.278 e. The van der Waals surface area contributed by atoms with E-state index in [2.05, 4.69) is 10.4 Å². The third kappa shape index (κ3) is 4.12. The first-order valence-electron chi connectivity index (χ1n) is 10.4. The summed E-state index contributed by atoms with van der Waals surface area (Å²) in [7, 11) is 0. The Labute approximate surface area is 185 Å². The summed E-state index contributed by atoms with van der Waals surface area (Å²) in [5, 5.41) is 7.04. The van der Waals surface area contributed by atoms with Crippen LogP contribution in [0.25, 0.3) is 0 Å². The number of carbonyl (C=O) groups is 3. The average Bonchev–Trinajstić information content (AvgIpc) is 3.13. The summed E-state index contributed by atoms with van der Waals surface area (Å²) in [6.45, 7) is 5.26. The third-order valence-corrected chi connectivity index (χ3v) is 5.24. The Morgan fingerprint density at radius 1 is 1.09 bits per heavy atom. The van der Waals surface area contributed by atoms with Crippen molar-refractivity contribution in [2.75, 3.05) is 16.8 Å². The zero-order valence-electron chi connectivity index (χ0n) is 18.2. The maximum atomic E-state index is 13.0. The Hall–Kier alpha value is -3.94. The molecule has 1 aromatic heterocycles. The minimum atomic E-state index is -0.690. The van der Waals surface area contributed by atoms with Gasteiger partial charge >= 0.3 is 0 Å². The van der Waals surface area contributed by atoms with E-state index in [9.17, 15) is 14.4 Å². The third-order valence-electron chi connectivity index (χ3n) is 5.24. The molecule has 3 aromatic rings. The summed E-state index contributed by atoms with van der Waals surface area (Å²) >= 11 is 0. The van der Waals surface area contributed by atoms with Crippen LogP contribution >= 0.6 is 0 Å². The quantitative estimate of drug-likeness (QED) is 0.668. The van der Waals surface area contributed by atoms with Crippen molar-refractivity contribution in [3.63, 3.8) is 0 Å². The Morgan fingerprint density at radius 2 is 1.84 bits per heavy atom. The lowest BCUT2D eigenvalue weighted by Crippen LogP contribution is -2.48. The highest BCUT2D eigenvalue weighted by atomic mass is 16.5. The lowest BCUT2D eigenvalue weighted by Gasteiger charge is -2.34. The van der Waals surface area contributed by atoms with Crippen LogP contribution in [-0.4, -0.2) is 40.2 Å². The number of hydrogen-bond acceptors (Lipinski definition) is 5. The van der Waals surface area contributed by atoms with Crippen LogP contribution in [0.5, 0.6) is 5.75 Å². The van der Waals surface area contributed by atoms with Gasteiger partial charge < -0.3 is 10.1 Å². The molecule has 1 aliphatic heterocycles. The van der Waals surface area contributed by atoms with E-state index in [-0.39, 0.29) is 24.3 Å². The first-order chi connectivity index (χ1) is 15.4. The van der Waals surface area contributed by atoms with Gasteiger partial charge in [0.2, 0.25) is 5.91 Å². The standard InChI is InChI=1S/C24H24N4O4/c1-4-20-24(31)27(14-22(29)25-18-8-6-5-7-9-18)19-13-17(10-11-21(19)32-20)23(30)28-16(3)12-15(2)26-28/h5-13,20H,4,14H2,1-3H3,(H,25,29)/t20-/m1/s1. The van der Waals surface area contributed by atoms with Crippen molar-refractivity contribution in [3.05, 3.63) is 71.5 Å². The van der Waals surface area contributed by atoms with Gasteiger partial charge in [-0.3, -0.25) is 19.3 Å². The van der Waals surface area contributed by atoms with Crippen LogP contribution in [0.3, 0.4) is 0 Å². The van der Waals surface area contributed by atoms with Crippen LogP contribution in [0.15, 0.2) is 54.6 Å². The maximum absolute atomic E-state index is 13.0. The van der Waals surface area contributed by atoms with Crippen molar-refractivity contribution < 1.29 is 19.1 Å². The molecule has 0 saturated carbocycles. The fourth-order valence-corrected chi connectivity index (χ4v) is 3.70. The van der Waals surface area contributed by atoms with E-state index in [1.54, 1.807) is 37.3 Å². The van der Waals surface area contributed by atoms with Crippen molar-refractivity contribution in [1.82, 2.24) is 9.78 Å². The van der Waals surface area contributed by atoms with Crippen LogP contribution in [-0.2, 0) is 9.59 Å². The second-order valence-corrected chi connectivity index (χ2v) is 7.68. The molecule has 8 heteroatoms. The number of benzene rings is 2. The number of hydrogen-bond donors (Lipinski definition) is 1. The van der Waals surface area contributed by atoms with Crippen molar-refractivity contribution in [2.45, 2.75) is 33.3 Å². The maximum Gasteiger partial charge on any atom is 0.278 e. The number of ether oxygens (including phenoxy) is 1. The van der Waals surface area contributed by atoms with E-state index in [1.807, 2.05) is 38.1 Å². The summed E-state index contributed by atoms with van der Waals surface area (Å²) < 4.78 is 7.16. The van der Waals surface area contributed by atoms with E-state index in [0.29, 0.717) is 34.8 Å². The molecule has 0 bridgehead atoms. The molecule has 0 spiro atoms. The van der Waals surface area contributed by atoms with Gasteiger partial charge in [0.25, 0.3) is 11.8 Å². The van der Waals surface area contributed by atoms with Gasteiger partial charge in [-0.05, 0) is 56.7 Å². The Kier molecular flexibility index (Phi) is 5.77. The molecule has 1 aliphatic rings. The highest BCUT2D eigenvalue weighted by Gasteiger charge is 2.35. The van der Waals surface area contributed by atoms with E-state index in [4.69, 9.17) is 4.74 Å². The van der Waals surface area contributed by atoms with Crippen LogP contribution < -0.4 is 15.0 Å². The molecule has 32 heavy (non-hydrogen) atoms. The van der Waals surface area contributed by atoms with Crippen LogP contribution in [0.4, 0.5) is 11.4 Å². The molecule has 164 valence electrons. The fourth-order valence-electron chi connectivity index (χ4n) is 3.70. The molecule has 0 saturated heterocycles. The normalized spacial score (nSPS) is 15.2. The van der Waals surface area contributed by atoms with Crippen molar-refractivity contribution >= 4 is 29.1 Å². The number of aromatic nitrogens is 2. The van der Waals surface area contributed by atoms with Gasteiger partial charge in [-0.1, -0.05) is 25.1 Å². The number of carbonyl (C=O) groups excluding carboxylic acids is 3. The summed E-state index contributed by atoms with van der Waals surface area (Å²) in [6, 6.07) is 15.7. The number of nitrogens with one attached hydrogen (secondary N) is 1. The summed E-state index contributed by atoms with van der Waals surface area (Å²) in [6.07, 6.45) is -0.230. The van der Waals surface area contributed by atoms with Gasteiger partial charge in [0.05, 0.1) is 11.4 Å². The first-order valence-corrected chi connectivity index (χ1v) is 10.4. The van der Waals surface area contributed by atoms with E-state index < -0.39 is 6.10 Å². The zero-order chi connectivity index (χ0) is 22.8. The lowest BCUT2D eigenvalue weighted by atomic mass is 10.1. The van der Waals surface area contributed by atoms with Gasteiger partial charge in [0.15, 0.2) is 6.10 Å². The summed E-state index contributed by atoms with van der Waals surface area (Å²) in [5.74, 6) is -0.535. The van der Waals surface area contributed by atoms with E-state index in [0.717, 1.165) is 5.69 Å². The van der Waals surface area contributed by atoms with E-state index >= 15 is 0 Å². The van der Waals surface area contributed by atoms with Crippen LogP contribution in [0, 0.1) is 13.8 Å². The molecular formula is C24H24N4O4. The minimum absolute atomic E-state index is 0.196. The molecule has 0 aliphatic carbocycles. The Bertz CT molecular complexity index is 1190. The van der Waals surface area contributed by atoms with Crippen LogP contribution in [0.2, 0.25) is 0 Å². The molecule has 0 radical (unpaired) electrons. The molecule has 1 atom stereocenters. The molecule has 2 aromatic carbocycles. The molecule has 2 amide bonds. The molecule has 4 rings (SSSR count). The van der Waals surface area contributed by atoms with Crippen molar-refractivity contribution in [2.24, 2.45) is 0 Å². The summed E-state index contributed by atoms with van der Waals surface area (Å²) in [5.41, 5.74) is 2.81. The first kappa shape index (κ1) is 21.3. The lowest BCUT2D eigenvalue weighted by molar-refractivity contribution is -0.128. The van der Waals surface area contributed by atoms with E-state index in [1.165, 1.54) is 9.58 Å². The fraction of sp³-hybridized carbons (Fsp3) is 0.250. The predicted molar refractivity (Wildman–Crippen MR) is 120 cm³/mol. The van der Waals surface area contributed by atoms with Crippen molar-refractivity contribution in [3.8, 4) is 5.75 Å². The number of anilines is 2. The monoisotopic (exact) mass is 432 g/mol. The second-order valence-electron chi connectivity index (χ2n) is 7.68. The number of para-hydroxylation sites is 1. The van der Waals surface area contributed by atoms with Gasteiger partial charge in [-0.2, -0.15) is 5.10 Å². The Balaban J connectivity index is 1.66. The average molecular weight is 432 g/mol. The molecular weight excluding hydrogens is 408 g/mol. The molecule has 2 heterocycles. The SMILES string of the molecule is CC[C@H]1Oc2ccc(C(=O)n3nc(C)cc3C)cc2N(CC(=O)Nc2ccccc2)C1=O. The number of fused-ring (bicyclic) bond motifs is 1. The van der Waals surface area contributed by atoms with Gasteiger partial charge in [-0.25, -0.2) is 4.68 Å². The van der Waals surface area contributed by atoms with Gasteiger partial charge in [0, 0.05) is 16.9 Å². The molecule has 8 nitrogen and oxygen atoms in total. The van der Waals surface area contributed by atoms with Gasteiger partial charge in [0.1, 0.15) is 12.3 Å². The highest BCUT2D eigenvalue weighted by molar-refractivity contribution is 6.07. The molecule has 0 unspecified atom stereocenters. The topological polar surface area (TPSA) is 93.5 Å². The number of nitrogens with zero attached hydrogens (tertiary/aromatic N) is 3. The van der Waals surface area contributed by atoms with Crippen LogP contribution in [0.1, 0.15) is 35.1 Å². The highest BCUT2D eigenvalue weighted by Crippen LogP contribution is 2.36. The number of rotatable bonds is 5. The van der Waals surface area contributed by atoms with Gasteiger partial charge in [-0.15, -0.1) is 0 Å². The number of amides is 2. The zero-order valence-corrected chi connectivity index (χ0v) is 18.2. The van der Waals surface area contributed by atoms with Crippen molar-refractivity contribution in [1.29, 1.82) is 0 Å². The largest absolute Gasteiger partial charge is 0.478 e. The predicted octanol–water partition coefficient (Wildman–Crippen LogP) is 3.33. The number of aryl methyl sites for hydroxylation is 2.